The van der Waals surface area contributed by atoms with Gasteiger partial charge in [0.05, 0.1) is 34.1 Å². The first-order valence-corrected chi connectivity index (χ1v) is 9.19. The molecular weight excluding hydrogens is 370 g/mol. The standard InChI is InChI=1S/C19H19N9O/c1-10(2)23-17-13(19(29)21-6-5-15-25-27-28-26-15)9-22-16-12-4-3-11(8-20)7-14(12)24-18(16)17/h3-4,7,9-10,22-23H,5-6H2,1-2H3,(H,21,29)(H,25,26,27,28). The summed E-state index contributed by atoms with van der Waals surface area (Å²) in [7, 11) is 0. The normalized spacial score (nSPS) is 11.1. The van der Waals surface area contributed by atoms with Crippen LogP contribution in [0.1, 0.15) is 35.6 Å². The van der Waals surface area contributed by atoms with Gasteiger partial charge in [-0.05, 0) is 42.5 Å². The van der Waals surface area contributed by atoms with Crippen LogP contribution in [0.4, 0.5) is 5.69 Å². The molecule has 146 valence electrons. The van der Waals surface area contributed by atoms with Crippen LogP contribution in [0.25, 0.3) is 22.3 Å². The summed E-state index contributed by atoms with van der Waals surface area (Å²) in [4.78, 5) is 20.7. The Bertz CT molecular complexity index is 1170. The van der Waals surface area contributed by atoms with E-state index >= 15 is 0 Å². The second-order valence-corrected chi connectivity index (χ2v) is 6.91. The van der Waals surface area contributed by atoms with Crippen molar-refractivity contribution in [2.24, 2.45) is 0 Å². The molecule has 1 amide bonds. The third-order valence-electron chi connectivity index (χ3n) is 4.45. The van der Waals surface area contributed by atoms with Gasteiger partial charge in [0.15, 0.2) is 0 Å². The monoisotopic (exact) mass is 389 g/mol. The maximum Gasteiger partial charge on any atom is 0.254 e. The summed E-state index contributed by atoms with van der Waals surface area (Å²) in [5.74, 6) is 0.369. The number of nitrogens with one attached hydrogen (secondary N) is 4. The first-order valence-electron chi connectivity index (χ1n) is 9.19. The average molecular weight is 389 g/mol. The first-order chi connectivity index (χ1) is 14.1. The molecule has 0 spiro atoms. The molecule has 0 bridgehead atoms. The number of fused-ring (bicyclic) bond motifs is 3. The van der Waals surface area contributed by atoms with Crippen molar-refractivity contribution in [3.05, 3.63) is 41.3 Å². The van der Waals surface area contributed by atoms with E-state index < -0.39 is 0 Å². The number of carbonyl (C=O) groups is 1. The van der Waals surface area contributed by atoms with Gasteiger partial charge in [-0.3, -0.25) is 4.79 Å². The largest absolute Gasteiger partial charge is 0.380 e. The lowest BCUT2D eigenvalue weighted by molar-refractivity contribution is 0.0954. The number of aromatic nitrogens is 6. The number of carbonyl (C=O) groups excluding carboxylic acids is 1. The molecule has 2 aromatic rings. The van der Waals surface area contributed by atoms with Crippen molar-refractivity contribution < 1.29 is 4.79 Å². The number of anilines is 1. The van der Waals surface area contributed by atoms with Crippen LogP contribution in [-0.2, 0) is 6.42 Å². The van der Waals surface area contributed by atoms with E-state index in [0.717, 1.165) is 11.1 Å². The van der Waals surface area contributed by atoms with E-state index in [0.29, 0.717) is 46.8 Å². The van der Waals surface area contributed by atoms with Crippen molar-refractivity contribution in [3.63, 3.8) is 0 Å². The van der Waals surface area contributed by atoms with Crippen molar-refractivity contribution in [2.45, 2.75) is 26.3 Å². The fraction of sp³-hybridized carbons (Fsp3) is 0.263. The van der Waals surface area contributed by atoms with Gasteiger partial charge < -0.3 is 15.6 Å². The molecule has 3 heterocycles. The van der Waals surface area contributed by atoms with Crippen molar-refractivity contribution >= 4 is 22.5 Å². The SMILES string of the molecule is CC(C)Nc1c(C(=O)NCCc2nnn[nH]2)c[nH]c2c3ccc(C#N)cc3nc1-2. The second-order valence-electron chi connectivity index (χ2n) is 6.91. The third kappa shape index (κ3) is 3.58. The molecule has 4 N–H and O–H groups in total. The highest BCUT2D eigenvalue weighted by Crippen LogP contribution is 2.37. The molecular formula is C19H19N9O. The zero-order valence-electron chi connectivity index (χ0n) is 15.9. The number of nitrogens with zero attached hydrogens (tertiary/aromatic N) is 5. The molecule has 10 nitrogen and oxygen atoms in total. The quantitative estimate of drug-likeness (QED) is 0.393. The van der Waals surface area contributed by atoms with E-state index in [1.54, 1.807) is 18.3 Å². The Kier molecular flexibility index (Phi) is 4.78. The molecule has 4 rings (SSSR count). The minimum atomic E-state index is -0.233. The Labute approximate surface area is 166 Å². The summed E-state index contributed by atoms with van der Waals surface area (Å²) in [5.41, 5.74) is 3.84. The Morgan fingerprint density at radius 1 is 1.34 bits per heavy atom. The summed E-state index contributed by atoms with van der Waals surface area (Å²) < 4.78 is 0. The lowest BCUT2D eigenvalue weighted by Crippen LogP contribution is -2.28. The topological polar surface area (TPSA) is 148 Å². The van der Waals surface area contributed by atoms with E-state index in [9.17, 15) is 4.79 Å². The summed E-state index contributed by atoms with van der Waals surface area (Å²) in [6.45, 7) is 4.38. The summed E-state index contributed by atoms with van der Waals surface area (Å²) in [5, 5.41) is 29.8. The number of aromatic amines is 2. The number of hydrogen-bond acceptors (Lipinski definition) is 7. The fourth-order valence-electron chi connectivity index (χ4n) is 3.17. The van der Waals surface area contributed by atoms with Gasteiger partial charge >= 0.3 is 0 Å². The predicted molar refractivity (Wildman–Crippen MR) is 106 cm³/mol. The maximum absolute atomic E-state index is 12.8. The summed E-state index contributed by atoms with van der Waals surface area (Å²) in [6.07, 6.45) is 2.17. The molecule has 0 saturated carbocycles. The molecule has 0 radical (unpaired) electrons. The number of H-pyrrole nitrogens is 2. The number of amides is 1. The molecule has 0 atom stereocenters. The Morgan fingerprint density at radius 3 is 2.93 bits per heavy atom. The third-order valence-corrected chi connectivity index (χ3v) is 4.45. The minimum Gasteiger partial charge on any atom is -0.380 e. The molecule has 0 aliphatic carbocycles. The smallest absolute Gasteiger partial charge is 0.254 e. The van der Waals surface area contributed by atoms with Crippen LogP contribution in [-0.4, -0.2) is 49.1 Å². The van der Waals surface area contributed by atoms with Crippen LogP contribution in [0.2, 0.25) is 0 Å². The molecule has 0 unspecified atom stereocenters. The number of rotatable bonds is 6. The highest BCUT2D eigenvalue weighted by molar-refractivity contribution is 6.07. The van der Waals surface area contributed by atoms with Gasteiger partial charge in [0, 0.05) is 30.6 Å². The van der Waals surface area contributed by atoms with Gasteiger partial charge in [-0.15, -0.1) is 5.10 Å². The molecule has 1 aromatic carbocycles. The van der Waals surface area contributed by atoms with Gasteiger partial charge in [-0.2, -0.15) is 5.26 Å². The summed E-state index contributed by atoms with van der Waals surface area (Å²) in [6, 6.07) is 7.59. The first kappa shape index (κ1) is 18.4. The van der Waals surface area contributed by atoms with Crippen LogP contribution >= 0.6 is 0 Å². The molecule has 2 aliphatic rings. The maximum atomic E-state index is 12.8. The molecule has 0 saturated heterocycles. The van der Waals surface area contributed by atoms with Gasteiger partial charge in [-0.1, -0.05) is 0 Å². The second kappa shape index (κ2) is 7.55. The van der Waals surface area contributed by atoms with E-state index in [1.807, 2.05) is 19.9 Å². The van der Waals surface area contributed by atoms with E-state index in [4.69, 9.17) is 5.26 Å². The van der Waals surface area contributed by atoms with Crippen molar-refractivity contribution in [3.8, 4) is 17.5 Å². The zero-order valence-corrected chi connectivity index (χ0v) is 15.9. The predicted octanol–water partition coefficient (Wildman–Crippen LogP) is 1.85. The van der Waals surface area contributed by atoms with E-state index in [1.165, 1.54) is 0 Å². The fourth-order valence-corrected chi connectivity index (χ4v) is 3.17. The highest BCUT2D eigenvalue weighted by atomic mass is 16.1. The number of tetrazole rings is 1. The van der Waals surface area contributed by atoms with E-state index in [-0.39, 0.29) is 11.9 Å². The van der Waals surface area contributed by atoms with Crippen molar-refractivity contribution in [1.82, 2.24) is 35.9 Å². The average Bonchev–Trinajstić information content (AvgIpc) is 3.34. The van der Waals surface area contributed by atoms with E-state index in [2.05, 4.69) is 47.3 Å². The van der Waals surface area contributed by atoms with Gasteiger partial charge in [-0.25, -0.2) is 10.1 Å². The van der Waals surface area contributed by atoms with Crippen LogP contribution < -0.4 is 10.6 Å². The van der Waals surface area contributed by atoms with Crippen molar-refractivity contribution in [2.75, 3.05) is 11.9 Å². The number of nitriles is 1. The van der Waals surface area contributed by atoms with Crippen LogP contribution in [0.5, 0.6) is 0 Å². The molecule has 29 heavy (non-hydrogen) atoms. The van der Waals surface area contributed by atoms with Crippen LogP contribution in [0.15, 0.2) is 24.4 Å². The lowest BCUT2D eigenvalue weighted by atomic mass is 10.1. The van der Waals surface area contributed by atoms with Gasteiger partial charge in [0.25, 0.3) is 5.91 Å². The van der Waals surface area contributed by atoms with Crippen LogP contribution in [0, 0.1) is 11.3 Å². The Hall–Kier alpha value is -4.00. The highest BCUT2D eigenvalue weighted by Gasteiger charge is 2.23. The molecule has 10 heteroatoms. The number of hydrogen-bond donors (Lipinski definition) is 4. The number of pyridine rings is 1. The minimum absolute atomic E-state index is 0.0990. The van der Waals surface area contributed by atoms with Gasteiger partial charge in [0.2, 0.25) is 0 Å². The zero-order chi connectivity index (χ0) is 20.4. The van der Waals surface area contributed by atoms with Crippen LogP contribution in [0.3, 0.4) is 0 Å². The Morgan fingerprint density at radius 2 is 2.21 bits per heavy atom. The Balaban J connectivity index is 1.70. The lowest BCUT2D eigenvalue weighted by Gasteiger charge is -2.17. The molecule has 2 aliphatic heterocycles. The molecule has 0 fully saturated rings. The molecule has 1 aromatic heterocycles. The van der Waals surface area contributed by atoms with Gasteiger partial charge in [0.1, 0.15) is 11.5 Å². The van der Waals surface area contributed by atoms with Crippen molar-refractivity contribution in [1.29, 1.82) is 5.26 Å². The number of benzene rings is 1. The summed E-state index contributed by atoms with van der Waals surface area (Å²) >= 11 is 0.